The van der Waals surface area contributed by atoms with E-state index in [2.05, 4.69) is 56.1 Å². The average molecular weight is 747 g/mol. The van der Waals surface area contributed by atoms with Gasteiger partial charge in [0.05, 0.1) is 59.8 Å². The summed E-state index contributed by atoms with van der Waals surface area (Å²) in [5.41, 5.74) is 4.21. The summed E-state index contributed by atoms with van der Waals surface area (Å²) >= 11 is 3.44. The SMILES string of the molecule is COC(=O)NC(C)C(=O)N1CCC[C@H]1c1ncc(-c2cc3c(C)c4sc(-c5cnc([C@@H]6CCCN6C(=O)C(C)NC(=O)OC)[nH]5)cc4c(C)c3s2)[nH]1. The number of alkyl carbamates (subject to hydrolysis) is 2. The third kappa shape index (κ3) is 6.38. The number of nitrogens with zero attached hydrogens (tertiary/aromatic N) is 4. The first kappa shape index (κ1) is 35.4. The Kier molecular flexibility index (Phi) is 9.69. The van der Waals surface area contributed by atoms with Crippen molar-refractivity contribution in [2.24, 2.45) is 0 Å². The lowest BCUT2D eigenvalue weighted by Crippen LogP contribution is -2.46. The maximum Gasteiger partial charge on any atom is 0.407 e. The van der Waals surface area contributed by atoms with E-state index in [4.69, 9.17) is 9.97 Å². The van der Waals surface area contributed by atoms with Gasteiger partial charge < -0.3 is 39.9 Å². The van der Waals surface area contributed by atoms with Crippen LogP contribution in [0.5, 0.6) is 0 Å². The van der Waals surface area contributed by atoms with Crippen molar-refractivity contribution in [3.63, 3.8) is 0 Å². The van der Waals surface area contributed by atoms with Crippen LogP contribution < -0.4 is 10.6 Å². The van der Waals surface area contributed by atoms with Gasteiger partial charge in [0, 0.05) is 22.5 Å². The first-order valence-electron chi connectivity index (χ1n) is 17.4. The fraction of sp³-hybridized carbons (Fsp3) is 0.444. The first-order chi connectivity index (χ1) is 25.0. The molecule has 2 aliphatic heterocycles. The van der Waals surface area contributed by atoms with Gasteiger partial charge in [-0.2, -0.15) is 0 Å². The minimum Gasteiger partial charge on any atom is -0.453 e. The number of amides is 4. The Morgan fingerprint density at radius 2 is 1.15 bits per heavy atom. The summed E-state index contributed by atoms with van der Waals surface area (Å²) in [5.74, 6) is 1.14. The van der Waals surface area contributed by atoms with Crippen molar-refractivity contribution in [1.29, 1.82) is 0 Å². The Morgan fingerprint density at radius 1 is 0.750 bits per heavy atom. The van der Waals surface area contributed by atoms with E-state index in [1.54, 1.807) is 46.3 Å². The molecule has 1 aromatic carbocycles. The third-order valence-electron chi connectivity index (χ3n) is 10.2. The van der Waals surface area contributed by atoms with Crippen LogP contribution in [0.1, 0.15) is 74.4 Å². The summed E-state index contributed by atoms with van der Waals surface area (Å²) in [4.78, 5) is 71.9. The summed E-state index contributed by atoms with van der Waals surface area (Å²) < 4.78 is 11.8. The van der Waals surface area contributed by atoms with Gasteiger partial charge in [0.1, 0.15) is 23.7 Å². The van der Waals surface area contributed by atoms with Gasteiger partial charge in [-0.25, -0.2) is 19.6 Å². The highest BCUT2D eigenvalue weighted by Crippen LogP contribution is 2.45. The van der Waals surface area contributed by atoms with Gasteiger partial charge >= 0.3 is 12.2 Å². The van der Waals surface area contributed by atoms with Crippen molar-refractivity contribution in [2.75, 3.05) is 27.3 Å². The van der Waals surface area contributed by atoms with Crippen molar-refractivity contribution in [1.82, 2.24) is 40.4 Å². The molecule has 14 nitrogen and oxygen atoms in total. The Hall–Kier alpha value is -4.96. The zero-order valence-corrected chi connectivity index (χ0v) is 31.5. The Morgan fingerprint density at radius 3 is 1.54 bits per heavy atom. The molecule has 4 N–H and O–H groups in total. The molecule has 2 unspecified atom stereocenters. The number of benzene rings is 1. The summed E-state index contributed by atoms with van der Waals surface area (Å²) in [6.45, 7) is 8.84. The molecule has 2 aliphatic rings. The molecule has 4 atom stereocenters. The van der Waals surface area contributed by atoms with Crippen molar-refractivity contribution in [3.05, 3.63) is 47.3 Å². The van der Waals surface area contributed by atoms with Crippen LogP contribution in [-0.4, -0.2) is 93.1 Å². The molecule has 0 saturated carbocycles. The van der Waals surface area contributed by atoms with Gasteiger partial charge in [0.15, 0.2) is 0 Å². The number of imidazole rings is 2. The minimum absolute atomic E-state index is 0.167. The molecule has 0 bridgehead atoms. The van der Waals surface area contributed by atoms with E-state index < -0.39 is 24.3 Å². The van der Waals surface area contributed by atoms with E-state index in [0.29, 0.717) is 13.1 Å². The Balaban J connectivity index is 1.11. The number of hydrogen-bond donors (Lipinski definition) is 4. The second-order valence-corrected chi connectivity index (χ2v) is 15.5. The van der Waals surface area contributed by atoms with Gasteiger partial charge in [-0.15, -0.1) is 22.7 Å². The molecular weight excluding hydrogens is 705 g/mol. The number of rotatable bonds is 8. The lowest BCUT2D eigenvalue weighted by molar-refractivity contribution is -0.134. The number of methoxy groups -OCH3 is 2. The normalized spacial score (nSPS) is 18.6. The number of thiophene rings is 2. The van der Waals surface area contributed by atoms with E-state index in [1.807, 2.05) is 12.4 Å². The minimum atomic E-state index is -0.707. The summed E-state index contributed by atoms with van der Waals surface area (Å²) in [6, 6.07) is 2.62. The molecule has 0 aliphatic carbocycles. The van der Waals surface area contributed by atoms with E-state index in [-0.39, 0.29) is 23.9 Å². The maximum atomic E-state index is 13.2. The highest BCUT2D eigenvalue weighted by Gasteiger charge is 2.36. The number of H-pyrrole nitrogens is 2. The molecule has 2 saturated heterocycles. The smallest absolute Gasteiger partial charge is 0.407 e. The van der Waals surface area contributed by atoms with E-state index >= 15 is 0 Å². The zero-order valence-electron chi connectivity index (χ0n) is 29.9. The van der Waals surface area contributed by atoms with E-state index in [1.165, 1.54) is 45.5 Å². The third-order valence-corrected chi connectivity index (χ3v) is 12.7. The number of ether oxygens (including phenoxy) is 2. The van der Waals surface area contributed by atoms with Gasteiger partial charge in [-0.05, 0) is 87.4 Å². The molecule has 5 aromatic rings. The van der Waals surface area contributed by atoms with Crippen molar-refractivity contribution >= 4 is 66.8 Å². The molecule has 0 radical (unpaired) electrons. The number of aryl methyl sites for hydroxylation is 2. The molecule has 52 heavy (non-hydrogen) atoms. The summed E-state index contributed by atoms with van der Waals surface area (Å²) in [7, 11) is 2.55. The van der Waals surface area contributed by atoms with Crippen LogP contribution in [0, 0.1) is 13.8 Å². The van der Waals surface area contributed by atoms with Crippen LogP contribution in [0.3, 0.4) is 0 Å². The van der Waals surface area contributed by atoms with Crippen LogP contribution >= 0.6 is 22.7 Å². The maximum absolute atomic E-state index is 13.2. The topological polar surface area (TPSA) is 175 Å². The van der Waals surface area contributed by atoms with Crippen LogP contribution in [0.2, 0.25) is 0 Å². The standard InChI is InChI=1S/C36H42N8O6S2/c1-17-21-13-27(23-15-37-31(41-23)25-9-7-11-43(25)33(45)19(3)39-35(47)49-5)52-30(21)18(2)22-14-28(51-29(17)22)24-16-38-32(42-24)26-10-8-12-44(26)34(46)20(4)40-36(48)50-6/h13-16,19-20,25-26H,7-12H2,1-6H3,(H,37,41)(H,38,42)(H,39,47)(H,40,48)/t19?,20?,25-,26-/m0/s1. The molecule has 16 heteroatoms. The zero-order chi connectivity index (χ0) is 36.8. The highest BCUT2D eigenvalue weighted by molar-refractivity contribution is 7.24. The number of carbonyl (C=O) groups excluding carboxylic acids is 4. The number of fused-ring (bicyclic) bond motifs is 2. The summed E-state index contributed by atoms with van der Waals surface area (Å²) in [6.07, 6.45) is 5.69. The number of nitrogens with one attached hydrogen (secondary N) is 4. The molecule has 6 heterocycles. The lowest BCUT2D eigenvalue weighted by Gasteiger charge is -2.26. The van der Waals surface area contributed by atoms with Crippen LogP contribution in [-0.2, 0) is 19.1 Å². The Bertz CT molecular complexity index is 1980. The Labute approximate surface area is 308 Å². The molecule has 4 aromatic heterocycles. The van der Waals surface area contributed by atoms with Crippen LogP contribution in [0.4, 0.5) is 9.59 Å². The number of aromatic amines is 2. The lowest BCUT2D eigenvalue weighted by atomic mass is 10.0. The predicted octanol–water partition coefficient (Wildman–Crippen LogP) is 6.33. The average Bonchev–Trinajstić information content (AvgIpc) is 3.98. The van der Waals surface area contributed by atoms with E-state index in [9.17, 15) is 19.2 Å². The predicted molar refractivity (Wildman–Crippen MR) is 199 cm³/mol. The number of aromatic nitrogens is 4. The van der Waals surface area contributed by atoms with E-state index in [0.717, 1.165) is 58.5 Å². The molecule has 274 valence electrons. The van der Waals surface area contributed by atoms with Gasteiger partial charge in [0.2, 0.25) is 11.8 Å². The van der Waals surface area contributed by atoms with Crippen LogP contribution in [0.25, 0.3) is 41.3 Å². The molecule has 7 rings (SSSR count). The molecule has 2 fully saturated rings. The monoisotopic (exact) mass is 746 g/mol. The van der Waals surface area contributed by atoms with Crippen molar-refractivity contribution in [3.8, 4) is 21.1 Å². The molecular formula is C36H42N8O6S2. The number of likely N-dealkylation sites (tertiary alicyclic amines) is 2. The first-order valence-corrected chi connectivity index (χ1v) is 19.0. The second-order valence-electron chi connectivity index (χ2n) is 13.4. The van der Waals surface area contributed by atoms with Gasteiger partial charge in [-0.1, -0.05) is 0 Å². The highest BCUT2D eigenvalue weighted by atomic mass is 32.1. The van der Waals surface area contributed by atoms with Gasteiger partial charge in [-0.3, -0.25) is 9.59 Å². The number of carbonyl (C=O) groups is 4. The summed E-state index contributed by atoms with van der Waals surface area (Å²) in [5, 5.41) is 7.53. The van der Waals surface area contributed by atoms with Crippen LogP contribution in [0.15, 0.2) is 24.5 Å². The second kappa shape index (κ2) is 14.2. The fourth-order valence-corrected chi connectivity index (χ4v) is 9.78. The quantitative estimate of drug-likeness (QED) is 0.143. The molecule has 4 amide bonds. The fourth-order valence-electron chi connectivity index (χ4n) is 7.39. The van der Waals surface area contributed by atoms with Crippen molar-refractivity contribution < 1.29 is 28.7 Å². The van der Waals surface area contributed by atoms with Gasteiger partial charge in [0.25, 0.3) is 0 Å². The number of hydrogen-bond acceptors (Lipinski definition) is 10. The van der Waals surface area contributed by atoms with Crippen molar-refractivity contribution in [2.45, 2.75) is 77.5 Å². The molecule has 0 spiro atoms. The largest absolute Gasteiger partial charge is 0.453 e.